The molecular weight excluding hydrogens is 248 g/mol. The number of rotatable bonds is 7. The third-order valence-electron chi connectivity index (χ3n) is 4.09. The van der Waals surface area contributed by atoms with Crippen LogP contribution in [0, 0.1) is 6.92 Å². The highest BCUT2D eigenvalue weighted by Crippen LogP contribution is 2.31. The minimum absolute atomic E-state index is 0.475. The molecule has 1 unspecified atom stereocenters. The van der Waals surface area contributed by atoms with Crippen LogP contribution in [0.2, 0.25) is 0 Å². The number of hydrogen-bond donors (Lipinski definition) is 1. The normalized spacial score (nSPS) is 17.4. The quantitative estimate of drug-likeness (QED) is 0.830. The first-order chi connectivity index (χ1) is 9.76. The van der Waals surface area contributed by atoms with Gasteiger partial charge >= 0.3 is 0 Å². The van der Waals surface area contributed by atoms with Crippen molar-refractivity contribution in [1.82, 2.24) is 4.90 Å². The molecule has 0 saturated carbocycles. The molecule has 112 valence electrons. The summed E-state index contributed by atoms with van der Waals surface area (Å²) >= 11 is 0. The Morgan fingerprint density at radius 2 is 2.05 bits per heavy atom. The van der Waals surface area contributed by atoms with E-state index in [0.29, 0.717) is 6.04 Å². The standard InChI is InChI=1S/C17H28N2O/c1-3-12-20-15-6-7-16(14(2)13-15)17(8-9-18)19-10-4-5-11-19/h6-7,13,17H,3-5,8-12,18H2,1-2H3. The lowest BCUT2D eigenvalue weighted by Crippen LogP contribution is -2.28. The van der Waals surface area contributed by atoms with Crippen LogP contribution in [-0.4, -0.2) is 31.1 Å². The molecule has 1 fully saturated rings. The van der Waals surface area contributed by atoms with Crippen LogP contribution >= 0.6 is 0 Å². The second-order valence-corrected chi connectivity index (χ2v) is 5.70. The molecule has 0 aliphatic carbocycles. The summed E-state index contributed by atoms with van der Waals surface area (Å²) in [6.45, 7) is 8.27. The molecule has 1 heterocycles. The Labute approximate surface area is 123 Å². The highest BCUT2D eigenvalue weighted by Gasteiger charge is 2.24. The lowest BCUT2D eigenvalue weighted by Gasteiger charge is -2.29. The predicted octanol–water partition coefficient (Wildman–Crippen LogP) is 3.27. The van der Waals surface area contributed by atoms with Gasteiger partial charge in [0.05, 0.1) is 6.61 Å². The number of nitrogens with zero attached hydrogens (tertiary/aromatic N) is 1. The van der Waals surface area contributed by atoms with E-state index in [0.717, 1.165) is 31.7 Å². The Morgan fingerprint density at radius 3 is 2.65 bits per heavy atom. The molecule has 0 amide bonds. The van der Waals surface area contributed by atoms with Gasteiger partial charge in [-0.3, -0.25) is 4.90 Å². The van der Waals surface area contributed by atoms with Gasteiger partial charge in [0, 0.05) is 6.04 Å². The average Bonchev–Trinajstić information content (AvgIpc) is 2.97. The van der Waals surface area contributed by atoms with Gasteiger partial charge in [-0.15, -0.1) is 0 Å². The van der Waals surface area contributed by atoms with E-state index in [1.807, 2.05) is 0 Å². The molecule has 1 aliphatic heterocycles. The molecule has 2 N–H and O–H groups in total. The number of nitrogens with two attached hydrogens (primary N) is 1. The van der Waals surface area contributed by atoms with Crippen LogP contribution in [0.5, 0.6) is 5.75 Å². The molecule has 1 atom stereocenters. The van der Waals surface area contributed by atoms with Crippen molar-refractivity contribution in [2.24, 2.45) is 5.73 Å². The maximum Gasteiger partial charge on any atom is 0.119 e. The van der Waals surface area contributed by atoms with Gasteiger partial charge in [0.2, 0.25) is 0 Å². The van der Waals surface area contributed by atoms with E-state index < -0.39 is 0 Å². The van der Waals surface area contributed by atoms with Crippen LogP contribution in [-0.2, 0) is 0 Å². The van der Waals surface area contributed by atoms with Crippen molar-refractivity contribution in [3.05, 3.63) is 29.3 Å². The summed E-state index contributed by atoms with van der Waals surface area (Å²) in [4.78, 5) is 2.59. The fourth-order valence-electron chi connectivity index (χ4n) is 3.08. The smallest absolute Gasteiger partial charge is 0.119 e. The fraction of sp³-hybridized carbons (Fsp3) is 0.647. The fourth-order valence-corrected chi connectivity index (χ4v) is 3.08. The summed E-state index contributed by atoms with van der Waals surface area (Å²) in [6, 6.07) is 6.99. The second-order valence-electron chi connectivity index (χ2n) is 5.70. The average molecular weight is 276 g/mol. The van der Waals surface area contributed by atoms with E-state index in [2.05, 4.69) is 36.9 Å². The van der Waals surface area contributed by atoms with Gasteiger partial charge in [-0.25, -0.2) is 0 Å². The molecule has 1 saturated heterocycles. The molecule has 0 aromatic heterocycles. The van der Waals surface area contributed by atoms with Gasteiger partial charge < -0.3 is 10.5 Å². The summed E-state index contributed by atoms with van der Waals surface area (Å²) < 4.78 is 5.72. The summed E-state index contributed by atoms with van der Waals surface area (Å²) in [5.74, 6) is 0.987. The van der Waals surface area contributed by atoms with Crippen molar-refractivity contribution < 1.29 is 4.74 Å². The highest BCUT2D eigenvalue weighted by molar-refractivity contribution is 5.37. The first-order valence-electron chi connectivity index (χ1n) is 7.93. The van der Waals surface area contributed by atoms with Crippen LogP contribution in [0.3, 0.4) is 0 Å². The summed E-state index contributed by atoms with van der Waals surface area (Å²) in [6.07, 6.45) is 4.72. The van der Waals surface area contributed by atoms with Crippen molar-refractivity contribution in [2.45, 2.75) is 45.6 Å². The van der Waals surface area contributed by atoms with Crippen molar-refractivity contribution in [3.63, 3.8) is 0 Å². The van der Waals surface area contributed by atoms with Gasteiger partial charge in [-0.1, -0.05) is 13.0 Å². The summed E-state index contributed by atoms with van der Waals surface area (Å²) in [7, 11) is 0. The molecule has 1 aliphatic rings. The third kappa shape index (κ3) is 3.74. The molecule has 3 nitrogen and oxygen atoms in total. The number of likely N-dealkylation sites (tertiary alicyclic amines) is 1. The predicted molar refractivity (Wildman–Crippen MR) is 84.2 cm³/mol. The molecule has 0 bridgehead atoms. The topological polar surface area (TPSA) is 38.5 Å². The van der Waals surface area contributed by atoms with Gasteiger partial charge in [-0.2, -0.15) is 0 Å². The first-order valence-corrected chi connectivity index (χ1v) is 7.93. The van der Waals surface area contributed by atoms with E-state index in [-0.39, 0.29) is 0 Å². The summed E-state index contributed by atoms with van der Waals surface area (Å²) in [5, 5.41) is 0. The third-order valence-corrected chi connectivity index (χ3v) is 4.09. The zero-order valence-corrected chi connectivity index (χ0v) is 12.9. The zero-order chi connectivity index (χ0) is 14.4. The summed E-state index contributed by atoms with van der Waals surface area (Å²) in [5.41, 5.74) is 8.57. The maximum absolute atomic E-state index is 5.83. The largest absolute Gasteiger partial charge is 0.494 e. The van der Waals surface area contributed by atoms with Crippen LogP contribution in [0.15, 0.2) is 18.2 Å². The zero-order valence-electron chi connectivity index (χ0n) is 12.9. The maximum atomic E-state index is 5.83. The van der Waals surface area contributed by atoms with Gasteiger partial charge in [-0.05, 0) is 75.5 Å². The second kappa shape index (κ2) is 7.65. The van der Waals surface area contributed by atoms with Gasteiger partial charge in [0.25, 0.3) is 0 Å². The Balaban J connectivity index is 2.15. The Morgan fingerprint density at radius 1 is 1.30 bits per heavy atom. The molecule has 0 radical (unpaired) electrons. The lowest BCUT2D eigenvalue weighted by atomic mass is 9.97. The molecule has 2 rings (SSSR count). The number of benzene rings is 1. The lowest BCUT2D eigenvalue weighted by molar-refractivity contribution is 0.235. The van der Waals surface area contributed by atoms with Crippen LogP contribution in [0.4, 0.5) is 0 Å². The monoisotopic (exact) mass is 276 g/mol. The van der Waals surface area contributed by atoms with Crippen molar-refractivity contribution in [1.29, 1.82) is 0 Å². The molecule has 1 aromatic rings. The van der Waals surface area contributed by atoms with E-state index in [1.165, 1.54) is 37.1 Å². The molecule has 20 heavy (non-hydrogen) atoms. The minimum atomic E-state index is 0.475. The highest BCUT2D eigenvalue weighted by atomic mass is 16.5. The molecule has 1 aromatic carbocycles. The van der Waals surface area contributed by atoms with Gasteiger partial charge in [0.15, 0.2) is 0 Å². The molecular formula is C17H28N2O. The Bertz CT molecular complexity index is 413. The minimum Gasteiger partial charge on any atom is -0.494 e. The Kier molecular flexibility index (Phi) is 5.86. The number of hydrogen-bond acceptors (Lipinski definition) is 3. The number of ether oxygens (including phenoxy) is 1. The van der Waals surface area contributed by atoms with Gasteiger partial charge in [0.1, 0.15) is 5.75 Å². The van der Waals surface area contributed by atoms with E-state index >= 15 is 0 Å². The van der Waals surface area contributed by atoms with E-state index in [1.54, 1.807) is 0 Å². The number of aryl methyl sites for hydroxylation is 1. The van der Waals surface area contributed by atoms with E-state index in [9.17, 15) is 0 Å². The molecule has 0 spiro atoms. The van der Waals surface area contributed by atoms with E-state index in [4.69, 9.17) is 10.5 Å². The first kappa shape index (κ1) is 15.3. The van der Waals surface area contributed by atoms with Crippen LogP contribution in [0.25, 0.3) is 0 Å². The van der Waals surface area contributed by atoms with Crippen molar-refractivity contribution >= 4 is 0 Å². The Hall–Kier alpha value is -1.06. The molecule has 3 heteroatoms. The van der Waals surface area contributed by atoms with Crippen LogP contribution in [0.1, 0.15) is 49.8 Å². The van der Waals surface area contributed by atoms with Crippen molar-refractivity contribution in [2.75, 3.05) is 26.2 Å². The SMILES string of the molecule is CCCOc1ccc(C(CCN)N2CCCC2)c(C)c1. The van der Waals surface area contributed by atoms with Crippen LogP contribution < -0.4 is 10.5 Å². The van der Waals surface area contributed by atoms with Crippen molar-refractivity contribution in [3.8, 4) is 5.75 Å².